The highest BCUT2D eigenvalue weighted by molar-refractivity contribution is 9.10. The first-order valence-electron chi connectivity index (χ1n) is 6.82. The molecule has 0 unspecified atom stereocenters. The molecule has 112 valence electrons. The van der Waals surface area contributed by atoms with E-state index in [1.165, 1.54) is 0 Å². The van der Waals surface area contributed by atoms with Gasteiger partial charge in [0.25, 0.3) is 0 Å². The Kier molecular flexibility index (Phi) is 4.95. The monoisotopic (exact) mass is 420 g/mol. The zero-order valence-electron chi connectivity index (χ0n) is 11.7. The Labute approximate surface area is 146 Å². The van der Waals surface area contributed by atoms with Crippen molar-refractivity contribution < 1.29 is 4.74 Å². The van der Waals surface area contributed by atoms with E-state index in [0.717, 1.165) is 32.4 Å². The maximum atomic E-state index is 6.00. The van der Waals surface area contributed by atoms with Crippen molar-refractivity contribution in [3.05, 3.63) is 81.3 Å². The van der Waals surface area contributed by atoms with Crippen molar-refractivity contribution in [2.24, 2.45) is 0 Å². The number of ether oxygens (including phenoxy) is 1. The molecule has 3 aromatic rings. The lowest BCUT2D eigenvalue weighted by atomic mass is 10.2. The molecule has 0 fully saturated rings. The van der Waals surface area contributed by atoms with E-state index in [1.807, 2.05) is 35.0 Å². The van der Waals surface area contributed by atoms with Gasteiger partial charge < -0.3 is 9.30 Å². The summed E-state index contributed by atoms with van der Waals surface area (Å²) in [5, 5.41) is 0. The molecular formula is C17H14Br2N2O. The van der Waals surface area contributed by atoms with Crippen molar-refractivity contribution in [2.75, 3.05) is 0 Å². The Morgan fingerprint density at radius 2 is 1.77 bits per heavy atom. The summed E-state index contributed by atoms with van der Waals surface area (Å²) in [5.41, 5.74) is 2.25. The van der Waals surface area contributed by atoms with Crippen LogP contribution < -0.4 is 4.74 Å². The fraction of sp³-hybridized carbons (Fsp3) is 0.118. The number of hydrogen-bond acceptors (Lipinski definition) is 2. The molecule has 0 radical (unpaired) electrons. The Morgan fingerprint density at radius 1 is 1.00 bits per heavy atom. The zero-order chi connectivity index (χ0) is 15.4. The third kappa shape index (κ3) is 3.99. The summed E-state index contributed by atoms with van der Waals surface area (Å²) in [6, 6.07) is 14.2. The van der Waals surface area contributed by atoms with Crippen molar-refractivity contribution in [1.82, 2.24) is 9.55 Å². The summed E-state index contributed by atoms with van der Waals surface area (Å²) in [5.74, 6) is 0.889. The van der Waals surface area contributed by atoms with E-state index in [1.54, 1.807) is 12.5 Å². The molecule has 0 N–H and O–H groups in total. The van der Waals surface area contributed by atoms with Crippen LogP contribution in [0.3, 0.4) is 0 Å². The molecule has 0 atom stereocenters. The minimum Gasteiger partial charge on any atom is -0.489 e. The van der Waals surface area contributed by atoms with Gasteiger partial charge in [0.05, 0.1) is 12.9 Å². The standard InChI is InChI=1S/C17H14Br2N2O/c18-15-3-1-13(2-4-15)11-22-17-6-5-16(19)9-14(17)10-21-8-7-20-12-21/h1-9,12H,10-11H2. The zero-order valence-corrected chi connectivity index (χ0v) is 14.9. The van der Waals surface area contributed by atoms with Gasteiger partial charge in [-0.05, 0) is 35.9 Å². The van der Waals surface area contributed by atoms with Gasteiger partial charge in [0.2, 0.25) is 0 Å². The van der Waals surface area contributed by atoms with Crippen LogP contribution in [0.15, 0.2) is 70.1 Å². The van der Waals surface area contributed by atoms with Gasteiger partial charge in [-0.15, -0.1) is 0 Å². The first-order chi connectivity index (χ1) is 10.7. The molecule has 0 saturated carbocycles. The highest BCUT2D eigenvalue weighted by Crippen LogP contribution is 2.25. The van der Waals surface area contributed by atoms with Gasteiger partial charge in [-0.1, -0.05) is 44.0 Å². The van der Waals surface area contributed by atoms with Crippen LogP contribution in [0.5, 0.6) is 5.75 Å². The van der Waals surface area contributed by atoms with Crippen molar-refractivity contribution in [1.29, 1.82) is 0 Å². The van der Waals surface area contributed by atoms with E-state index in [0.29, 0.717) is 6.61 Å². The first kappa shape index (κ1) is 15.3. The lowest BCUT2D eigenvalue weighted by molar-refractivity contribution is 0.302. The number of hydrogen-bond donors (Lipinski definition) is 0. The van der Waals surface area contributed by atoms with E-state index < -0.39 is 0 Å². The number of rotatable bonds is 5. The molecule has 3 nitrogen and oxygen atoms in total. The molecule has 0 amide bonds. The maximum absolute atomic E-state index is 6.00. The predicted molar refractivity (Wildman–Crippen MR) is 93.9 cm³/mol. The van der Waals surface area contributed by atoms with Gasteiger partial charge in [-0.25, -0.2) is 4.98 Å². The molecule has 1 aromatic heterocycles. The Bertz CT molecular complexity index is 740. The van der Waals surface area contributed by atoms with Crippen LogP contribution in [0.25, 0.3) is 0 Å². The molecule has 0 aliphatic rings. The normalized spacial score (nSPS) is 10.6. The average Bonchev–Trinajstić information content (AvgIpc) is 3.01. The molecule has 2 aromatic carbocycles. The number of benzene rings is 2. The van der Waals surface area contributed by atoms with Crippen LogP contribution in [0.4, 0.5) is 0 Å². The molecule has 0 saturated heterocycles. The van der Waals surface area contributed by atoms with E-state index in [2.05, 4.69) is 55.0 Å². The van der Waals surface area contributed by atoms with Crippen LogP contribution in [0, 0.1) is 0 Å². The molecule has 5 heteroatoms. The molecule has 3 rings (SSSR count). The number of imidazole rings is 1. The Hall–Kier alpha value is -1.59. The summed E-state index contributed by atoms with van der Waals surface area (Å²) in [6.45, 7) is 1.28. The summed E-state index contributed by atoms with van der Waals surface area (Å²) in [7, 11) is 0. The minimum atomic E-state index is 0.547. The van der Waals surface area contributed by atoms with Crippen molar-refractivity contribution >= 4 is 31.9 Å². The highest BCUT2D eigenvalue weighted by Gasteiger charge is 2.06. The minimum absolute atomic E-state index is 0.547. The molecule has 0 aliphatic carbocycles. The predicted octanol–water partition coefficient (Wildman–Crippen LogP) is 5.04. The Morgan fingerprint density at radius 3 is 2.50 bits per heavy atom. The summed E-state index contributed by atoms with van der Waals surface area (Å²) in [6.07, 6.45) is 5.53. The lowest BCUT2D eigenvalue weighted by Gasteiger charge is -2.13. The fourth-order valence-corrected chi connectivity index (χ4v) is 2.80. The van der Waals surface area contributed by atoms with Crippen LogP contribution in [0.2, 0.25) is 0 Å². The van der Waals surface area contributed by atoms with Crippen LogP contribution in [0.1, 0.15) is 11.1 Å². The molecule has 0 spiro atoms. The van der Waals surface area contributed by atoms with E-state index >= 15 is 0 Å². The second-order valence-electron chi connectivity index (χ2n) is 4.90. The quantitative estimate of drug-likeness (QED) is 0.577. The van der Waals surface area contributed by atoms with Crippen molar-refractivity contribution in [2.45, 2.75) is 13.2 Å². The molecule has 0 bridgehead atoms. The summed E-state index contributed by atoms with van der Waals surface area (Å²) < 4.78 is 10.1. The maximum Gasteiger partial charge on any atom is 0.124 e. The van der Waals surface area contributed by atoms with Gasteiger partial charge in [0, 0.05) is 26.9 Å². The van der Waals surface area contributed by atoms with E-state index in [4.69, 9.17) is 4.74 Å². The third-order valence-corrected chi connectivity index (χ3v) is 4.26. The highest BCUT2D eigenvalue weighted by atomic mass is 79.9. The number of nitrogens with zero attached hydrogens (tertiary/aromatic N) is 2. The van der Waals surface area contributed by atoms with Crippen molar-refractivity contribution in [3.63, 3.8) is 0 Å². The van der Waals surface area contributed by atoms with Crippen molar-refractivity contribution in [3.8, 4) is 5.75 Å². The van der Waals surface area contributed by atoms with Crippen LogP contribution in [-0.4, -0.2) is 9.55 Å². The Balaban J connectivity index is 1.76. The topological polar surface area (TPSA) is 27.1 Å². The average molecular weight is 422 g/mol. The number of aromatic nitrogens is 2. The SMILES string of the molecule is Brc1ccc(COc2ccc(Br)cc2Cn2ccnc2)cc1. The second-order valence-corrected chi connectivity index (χ2v) is 6.73. The van der Waals surface area contributed by atoms with Crippen LogP contribution in [-0.2, 0) is 13.2 Å². The molecule has 22 heavy (non-hydrogen) atoms. The lowest BCUT2D eigenvalue weighted by Crippen LogP contribution is -2.02. The number of halogens is 2. The van der Waals surface area contributed by atoms with Gasteiger partial charge in [0.15, 0.2) is 0 Å². The molecular weight excluding hydrogens is 408 g/mol. The first-order valence-corrected chi connectivity index (χ1v) is 8.41. The van der Waals surface area contributed by atoms with Gasteiger partial charge in [0.1, 0.15) is 12.4 Å². The van der Waals surface area contributed by atoms with Crippen LogP contribution >= 0.6 is 31.9 Å². The van der Waals surface area contributed by atoms with E-state index in [-0.39, 0.29) is 0 Å². The third-order valence-electron chi connectivity index (χ3n) is 3.24. The summed E-state index contributed by atoms with van der Waals surface area (Å²) in [4.78, 5) is 4.08. The smallest absolute Gasteiger partial charge is 0.124 e. The van der Waals surface area contributed by atoms with E-state index in [9.17, 15) is 0 Å². The second kappa shape index (κ2) is 7.11. The van der Waals surface area contributed by atoms with Gasteiger partial charge in [-0.3, -0.25) is 0 Å². The van der Waals surface area contributed by atoms with Gasteiger partial charge >= 0.3 is 0 Å². The molecule has 1 heterocycles. The largest absolute Gasteiger partial charge is 0.489 e. The summed E-state index contributed by atoms with van der Waals surface area (Å²) >= 11 is 6.96. The fourth-order valence-electron chi connectivity index (χ4n) is 2.13. The van der Waals surface area contributed by atoms with Gasteiger partial charge in [-0.2, -0.15) is 0 Å². The molecule has 0 aliphatic heterocycles.